The van der Waals surface area contributed by atoms with E-state index in [9.17, 15) is 13.9 Å². The minimum absolute atomic E-state index is 0.0635. The zero-order valence-corrected chi connectivity index (χ0v) is 8.79. The number of halogens is 2. The smallest absolute Gasteiger partial charge is 0.265 e. The zero-order chi connectivity index (χ0) is 11.8. The van der Waals surface area contributed by atoms with Gasteiger partial charge >= 0.3 is 0 Å². The highest BCUT2D eigenvalue weighted by molar-refractivity contribution is 5.73. The summed E-state index contributed by atoms with van der Waals surface area (Å²) in [5.41, 5.74) is 6.32. The molecule has 3 N–H and O–H groups in total. The molecule has 16 heavy (non-hydrogen) atoms. The van der Waals surface area contributed by atoms with Gasteiger partial charge in [0, 0.05) is 13.0 Å². The number of nitrogens with two attached hydrogens (primary N) is 1. The van der Waals surface area contributed by atoms with Crippen LogP contribution < -0.4 is 10.6 Å². The molecule has 0 radical (unpaired) electrons. The number of hydrogen-bond acceptors (Lipinski definition) is 3. The van der Waals surface area contributed by atoms with E-state index in [-0.39, 0.29) is 24.4 Å². The van der Waals surface area contributed by atoms with Gasteiger partial charge in [0.15, 0.2) is 0 Å². The van der Waals surface area contributed by atoms with Gasteiger partial charge in [0.1, 0.15) is 5.75 Å². The first kappa shape index (κ1) is 11.0. The van der Waals surface area contributed by atoms with E-state index in [1.54, 1.807) is 12.1 Å². The molecular weight excluding hydrogens is 214 g/mol. The van der Waals surface area contributed by atoms with Crippen molar-refractivity contribution in [2.24, 2.45) is 0 Å². The van der Waals surface area contributed by atoms with Crippen LogP contribution in [0.1, 0.15) is 12.8 Å². The number of para-hydroxylation sites is 1. The highest BCUT2D eigenvalue weighted by Gasteiger charge is 2.35. The van der Waals surface area contributed by atoms with Crippen LogP contribution >= 0.6 is 0 Å². The van der Waals surface area contributed by atoms with E-state index in [1.807, 2.05) is 0 Å². The fourth-order valence-electron chi connectivity index (χ4n) is 1.99. The number of anilines is 2. The summed E-state index contributed by atoms with van der Waals surface area (Å²) in [6, 6.07) is 4.70. The number of nitrogens with zero attached hydrogens (tertiary/aromatic N) is 1. The topological polar surface area (TPSA) is 49.5 Å². The van der Waals surface area contributed by atoms with Gasteiger partial charge in [0.05, 0.1) is 17.9 Å². The summed E-state index contributed by atoms with van der Waals surface area (Å²) >= 11 is 0. The molecule has 2 rings (SSSR count). The molecule has 0 bridgehead atoms. The second-order valence-electron chi connectivity index (χ2n) is 4.09. The van der Waals surface area contributed by atoms with E-state index < -0.39 is 5.92 Å². The Bertz CT molecular complexity index is 396. The van der Waals surface area contributed by atoms with Crippen LogP contribution in [0.5, 0.6) is 5.75 Å². The maximum absolute atomic E-state index is 13.2. The van der Waals surface area contributed by atoms with Crippen LogP contribution in [0, 0.1) is 0 Å². The lowest BCUT2D eigenvalue weighted by atomic mass is 10.1. The van der Waals surface area contributed by atoms with Crippen LogP contribution in [0.2, 0.25) is 0 Å². The Hall–Kier alpha value is -1.52. The molecule has 88 valence electrons. The van der Waals surface area contributed by atoms with E-state index in [0.29, 0.717) is 18.7 Å². The fourth-order valence-corrected chi connectivity index (χ4v) is 1.99. The summed E-state index contributed by atoms with van der Waals surface area (Å²) in [5, 5.41) is 9.42. The number of phenolic OH excluding ortho intramolecular Hbond substituents is 1. The maximum atomic E-state index is 13.2. The van der Waals surface area contributed by atoms with Crippen LogP contribution in [-0.2, 0) is 0 Å². The number of benzene rings is 1. The molecular formula is C11H14F2N2O. The summed E-state index contributed by atoms with van der Waals surface area (Å²) in [7, 11) is 0. The van der Waals surface area contributed by atoms with E-state index >= 15 is 0 Å². The quantitative estimate of drug-likeness (QED) is 0.572. The van der Waals surface area contributed by atoms with Crippen molar-refractivity contribution in [2.45, 2.75) is 18.8 Å². The molecule has 1 aliphatic rings. The summed E-state index contributed by atoms with van der Waals surface area (Å²) in [5.74, 6) is -2.73. The predicted octanol–water partition coefficient (Wildman–Crippen LogP) is 2.21. The molecule has 0 saturated carbocycles. The van der Waals surface area contributed by atoms with E-state index in [1.165, 1.54) is 11.0 Å². The number of phenols is 1. The van der Waals surface area contributed by atoms with Crippen molar-refractivity contribution >= 4 is 11.4 Å². The minimum atomic E-state index is -2.67. The van der Waals surface area contributed by atoms with Gasteiger partial charge in [-0.05, 0) is 18.6 Å². The van der Waals surface area contributed by atoms with Gasteiger partial charge in [-0.25, -0.2) is 8.78 Å². The molecule has 0 atom stereocenters. The van der Waals surface area contributed by atoms with Gasteiger partial charge in [-0.15, -0.1) is 0 Å². The van der Waals surface area contributed by atoms with E-state index in [4.69, 9.17) is 5.73 Å². The normalized spacial score (nSPS) is 19.8. The lowest BCUT2D eigenvalue weighted by Crippen LogP contribution is -2.42. The van der Waals surface area contributed by atoms with Crippen molar-refractivity contribution in [1.82, 2.24) is 0 Å². The molecule has 1 heterocycles. The van der Waals surface area contributed by atoms with Crippen molar-refractivity contribution in [3.63, 3.8) is 0 Å². The molecule has 1 aromatic rings. The average molecular weight is 228 g/mol. The number of hydrogen-bond donors (Lipinski definition) is 2. The molecule has 1 aromatic carbocycles. The lowest BCUT2D eigenvalue weighted by molar-refractivity contribution is -0.0116. The summed E-state index contributed by atoms with van der Waals surface area (Å²) in [6.07, 6.45) is 0.352. The molecule has 0 aromatic heterocycles. The van der Waals surface area contributed by atoms with E-state index in [0.717, 1.165) is 0 Å². The zero-order valence-electron chi connectivity index (χ0n) is 8.79. The van der Waals surface area contributed by atoms with Crippen LogP contribution in [0.25, 0.3) is 0 Å². The van der Waals surface area contributed by atoms with Crippen molar-refractivity contribution < 1.29 is 13.9 Å². The molecule has 1 fully saturated rings. The maximum Gasteiger partial charge on any atom is 0.265 e. The Morgan fingerprint density at radius 1 is 1.38 bits per heavy atom. The highest BCUT2D eigenvalue weighted by atomic mass is 19.3. The standard InChI is InChI=1S/C11H14F2N2O/c12-11(13)5-2-6-15(7-11)8-3-1-4-9(16)10(8)14/h1,3-4,16H,2,5-7,14H2. The first-order valence-electron chi connectivity index (χ1n) is 5.20. The molecule has 1 aliphatic heterocycles. The van der Waals surface area contributed by atoms with Gasteiger partial charge < -0.3 is 15.7 Å². The highest BCUT2D eigenvalue weighted by Crippen LogP contribution is 2.36. The fraction of sp³-hybridized carbons (Fsp3) is 0.455. The molecule has 5 heteroatoms. The predicted molar refractivity (Wildman–Crippen MR) is 58.9 cm³/mol. The SMILES string of the molecule is Nc1c(O)cccc1N1CCCC(F)(F)C1. The number of rotatable bonds is 1. The Morgan fingerprint density at radius 2 is 2.12 bits per heavy atom. The Balaban J connectivity index is 2.27. The summed E-state index contributed by atoms with van der Waals surface area (Å²) in [4.78, 5) is 1.53. The van der Waals surface area contributed by atoms with Gasteiger partial charge in [0.2, 0.25) is 0 Å². The van der Waals surface area contributed by atoms with Crippen molar-refractivity contribution in [3.8, 4) is 5.75 Å². The molecule has 0 aliphatic carbocycles. The second-order valence-corrected chi connectivity index (χ2v) is 4.09. The molecule has 0 unspecified atom stereocenters. The van der Waals surface area contributed by atoms with Crippen LogP contribution in [0.3, 0.4) is 0 Å². The van der Waals surface area contributed by atoms with Crippen molar-refractivity contribution in [1.29, 1.82) is 0 Å². The van der Waals surface area contributed by atoms with Crippen LogP contribution in [0.4, 0.5) is 20.2 Å². The minimum Gasteiger partial charge on any atom is -0.506 e. The Kier molecular flexibility index (Phi) is 2.61. The molecule has 1 saturated heterocycles. The Morgan fingerprint density at radius 3 is 2.81 bits per heavy atom. The molecule has 0 spiro atoms. The molecule has 0 amide bonds. The third kappa shape index (κ3) is 2.03. The third-order valence-electron chi connectivity index (χ3n) is 2.79. The number of aromatic hydroxyl groups is 1. The van der Waals surface area contributed by atoms with Crippen molar-refractivity contribution in [3.05, 3.63) is 18.2 Å². The first-order valence-corrected chi connectivity index (χ1v) is 5.20. The third-order valence-corrected chi connectivity index (χ3v) is 2.79. The Labute approximate surface area is 92.5 Å². The second kappa shape index (κ2) is 3.81. The van der Waals surface area contributed by atoms with Crippen LogP contribution in [-0.4, -0.2) is 24.1 Å². The first-order chi connectivity index (χ1) is 7.49. The summed E-state index contributed by atoms with van der Waals surface area (Å²) < 4.78 is 26.5. The largest absolute Gasteiger partial charge is 0.506 e. The number of alkyl halides is 2. The number of piperidine rings is 1. The average Bonchev–Trinajstić information content (AvgIpc) is 2.20. The summed E-state index contributed by atoms with van der Waals surface area (Å²) in [6.45, 7) is 0.212. The van der Waals surface area contributed by atoms with Crippen LogP contribution in [0.15, 0.2) is 18.2 Å². The number of nitrogen functional groups attached to an aromatic ring is 1. The molecule has 3 nitrogen and oxygen atoms in total. The lowest BCUT2D eigenvalue weighted by Gasteiger charge is -2.34. The van der Waals surface area contributed by atoms with E-state index in [2.05, 4.69) is 0 Å². The van der Waals surface area contributed by atoms with Gasteiger partial charge in [-0.3, -0.25) is 0 Å². The van der Waals surface area contributed by atoms with Gasteiger partial charge in [-0.1, -0.05) is 6.07 Å². The monoisotopic (exact) mass is 228 g/mol. The van der Waals surface area contributed by atoms with Crippen molar-refractivity contribution in [2.75, 3.05) is 23.7 Å². The van der Waals surface area contributed by atoms with Gasteiger partial charge in [0.25, 0.3) is 5.92 Å². The van der Waals surface area contributed by atoms with Gasteiger partial charge in [-0.2, -0.15) is 0 Å².